The van der Waals surface area contributed by atoms with E-state index in [1.54, 1.807) is 0 Å². The summed E-state index contributed by atoms with van der Waals surface area (Å²) in [5, 5.41) is 29.7. The topological polar surface area (TPSA) is 149 Å². The van der Waals surface area contributed by atoms with Gasteiger partial charge in [0.2, 0.25) is 0 Å². The summed E-state index contributed by atoms with van der Waals surface area (Å²) in [5.41, 5.74) is 0. The van der Waals surface area contributed by atoms with Crippen LogP contribution in [0.15, 0.2) is 0 Å². The van der Waals surface area contributed by atoms with Gasteiger partial charge in [0.25, 0.3) is 23.9 Å². The fraction of sp³-hybridized carbons (Fsp3) is 0.714. The molecule has 1 aliphatic carbocycles. The molecule has 0 heterocycles. The van der Waals surface area contributed by atoms with Gasteiger partial charge >= 0.3 is 59.1 Å². The molecule has 4 N–H and O–H groups in total. The van der Waals surface area contributed by atoms with E-state index >= 15 is 0 Å². The van der Waals surface area contributed by atoms with Gasteiger partial charge in [0.15, 0.2) is 0 Å². The van der Waals surface area contributed by atoms with Crippen LogP contribution in [-0.2, 0) is 19.2 Å². The van der Waals surface area contributed by atoms with E-state index in [2.05, 4.69) is 0 Å². The zero-order valence-corrected chi connectivity index (χ0v) is 13.7. The zero-order chi connectivity index (χ0) is 18.6. The molecule has 0 radical (unpaired) electrons. The number of rotatable bonds is 0. The van der Waals surface area contributed by atoms with E-state index in [-0.39, 0.29) is 59.1 Å². The Morgan fingerprint density at radius 1 is 0.458 bits per heavy atom. The number of hydrogen-bond acceptors (Lipinski definition) is 4. The molecule has 0 atom stereocenters. The quantitative estimate of drug-likeness (QED) is 0.466. The third kappa shape index (κ3) is 276. The van der Waals surface area contributed by atoms with Crippen molar-refractivity contribution in [3.05, 3.63) is 0 Å². The van der Waals surface area contributed by atoms with Gasteiger partial charge in [-0.3, -0.25) is 19.2 Å². The fourth-order valence-corrected chi connectivity index (χ4v) is 1.06. The molecule has 0 unspecified atom stereocenters. The van der Waals surface area contributed by atoms with Crippen LogP contribution in [0.4, 0.5) is 0 Å². The molecule has 1 saturated carbocycles. The van der Waals surface area contributed by atoms with Gasteiger partial charge in [0.1, 0.15) is 0 Å². The Hall–Kier alpha value is -0.120. The second-order valence-electron chi connectivity index (χ2n) is 4.20. The molecule has 1 aliphatic rings. The molecule has 136 valence electrons. The standard InChI is InChI=1S/C6H12.4C2H4O2.2Na.2H/c1-2-4-6-5-3-1;4*1-2(3)4;;;;/h1-6H2;4*1H3,(H,3,4);;;;. The van der Waals surface area contributed by atoms with Crippen LogP contribution < -0.4 is 0 Å². The summed E-state index contributed by atoms with van der Waals surface area (Å²) in [7, 11) is 0. The van der Waals surface area contributed by atoms with Crippen LogP contribution in [0, 0.1) is 0 Å². The number of hydrogen-bond donors (Lipinski definition) is 4. The van der Waals surface area contributed by atoms with Crippen molar-refractivity contribution in [2.75, 3.05) is 0 Å². The Balaban J connectivity index is -0.0000000420. The van der Waals surface area contributed by atoms with Crippen LogP contribution >= 0.6 is 0 Å². The van der Waals surface area contributed by atoms with Crippen molar-refractivity contribution in [1.29, 1.82) is 0 Å². The summed E-state index contributed by atoms with van der Waals surface area (Å²) in [4.78, 5) is 36.0. The molecule has 1 rings (SSSR count). The van der Waals surface area contributed by atoms with Gasteiger partial charge in [0, 0.05) is 27.7 Å². The summed E-state index contributed by atoms with van der Waals surface area (Å²) in [6.45, 7) is 4.33. The van der Waals surface area contributed by atoms with Crippen LogP contribution in [0.2, 0.25) is 0 Å². The average Bonchev–Trinajstić information content (AvgIpc) is 2.28. The maximum atomic E-state index is 9.00. The average molecular weight is 372 g/mol. The summed E-state index contributed by atoms with van der Waals surface area (Å²) in [6.07, 6.45) is 9.00. The molecular weight excluding hydrogens is 342 g/mol. The van der Waals surface area contributed by atoms with Crippen molar-refractivity contribution in [3.8, 4) is 0 Å². The van der Waals surface area contributed by atoms with Crippen molar-refractivity contribution in [2.24, 2.45) is 0 Å². The third-order valence-electron chi connectivity index (χ3n) is 1.50. The van der Waals surface area contributed by atoms with Gasteiger partial charge in [-0.05, 0) is 0 Å². The molecule has 0 bridgehead atoms. The van der Waals surface area contributed by atoms with Crippen molar-refractivity contribution >= 4 is 83.0 Å². The van der Waals surface area contributed by atoms with Crippen molar-refractivity contribution in [2.45, 2.75) is 66.2 Å². The zero-order valence-electron chi connectivity index (χ0n) is 13.7. The molecular formula is C14H30Na2O8. The summed E-state index contributed by atoms with van der Waals surface area (Å²) >= 11 is 0. The first-order valence-corrected chi connectivity index (χ1v) is 6.71. The van der Waals surface area contributed by atoms with Crippen LogP contribution in [0.5, 0.6) is 0 Å². The minimum absolute atomic E-state index is 0. The molecule has 0 aromatic heterocycles. The van der Waals surface area contributed by atoms with E-state index in [9.17, 15) is 0 Å². The molecule has 0 amide bonds. The number of carbonyl (C=O) groups is 4. The van der Waals surface area contributed by atoms with Gasteiger partial charge in [-0.2, -0.15) is 0 Å². The van der Waals surface area contributed by atoms with Crippen molar-refractivity contribution in [3.63, 3.8) is 0 Å². The SMILES string of the molecule is C1CCCCC1.CC(=O)O.CC(=O)O.CC(=O)O.CC(=O)O.[NaH].[NaH]. The van der Waals surface area contributed by atoms with Gasteiger partial charge < -0.3 is 20.4 Å². The van der Waals surface area contributed by atoms with Gasteiger partial charge in [-0.25, -0.2) is 0 Å². The van der Waals surface area contributed by atoms with E-state index in [4.69, 9.17) is 39.6 Å². The van der Waals surface area contributed by atoms with Crippen LogP contribution in [-0.4, -0.2) is 103 Å². The first-order valence-electron chi connectivity index (χ1n) is 6.71. The molecule has 0 aromatic carbocycles. The summed E-state index contributed by atoms with van der Waals surface area (Å²) in [6, 6.07) is 0. The molecule has 8 nitrogen and oxygen atoms in total. The Kier molecular flexibility index (Phi) is 55.8. The Morgan fingerprint density at radius 2 is 0.500 bits per heavy atom. The van der Waals surface area contributed by atoms with Gasteiger partial charge in [-0.15, -0.1) is 0 Å². The van der Waals surface area contributed by atoms with Crippen LogP contribution in [0.3, 0.4) is 0 Å². The maximum absolute atomic E-state index is 9.00. The number of carboxylic acid groups (broad SMARTS) is 4. The molecule has 0 saturated heterocycles. The first-order chi connectivity index (χ1) is 9.93. The Morgan fingerprint density at radius 3 is 0.542 bits per heavy atom. The summed E-state index contributed by atoms with van der Waals surface area (Å²) < 4.78 is 0. The second kappa shape index (κ2) is 34.3. The van der Waals surface area contributed by atoms with Gasteiger partial charge in [-0.1, -0.05) is 38.5 Å². The van der Waals surface area contributed by atoms with E-state index in [0.29, 0.717) is 0 Å². The van der Waals surface area contributed by atoms with E-state index < -0.39 is 23.9 Å². The van der Waals surface area contributed by atoms with E-state index in [1.807, 2.05) is 0 Å². The molecule has 24 heavy (non-hydrogen) atoms. The molecule has 1 fully saturated rings. The molecule has 10 heteroatoms. The normalized spacial score (nSPS) is 10.2. The van der Waals surface area contributed by atoms with Gasteiger partial charge in [0.05, 0.1) is 0 Å². The summed E-state index contributed by atoms with van der Waals surface area (Å²) in [5.74, 6) is -3.33. The molecule has 0 spiro atoms. The van der Waals surface area contributed by atoms with Crippen LogP contribution in [0.1, 0.15) is 66.2 Å². The second-order valence-corrected chi connectivity index (χ2v) is 4.20. The number of carboxylic acids is 4. The Bertz CT molecular complexity index is 230. The van der Waals surface area contributed by atoms with E-state index in [0.717, 1.165) is 27.7 Å². The third-order valence-corrected chi connectivity index (χ3v) is 1.50. The minimum atomic E-state index is -0.833. The monoisotopic (exact) mass is 372 g/mol. The van der Waals surface area contributed by atoms with Crippen molar-refractivity contribution in [1.82, 2.24) is 0 Å². The number of aliphatic carboxylic acids is 4. The van der Waals surface area contributed by atoms with E-state index in [1.165, 1.54) is 38.5 Å². The predicted octanol–water partition coefficient (Wildman–Crippen LogP) is 1.41. The fourth-order valence-electron chi connectivity index (χ4n) is 1.06. The van der Waals surface area contributed by atoms with Crippen LogP contribution in [0.25, 0.3) is 0 Å². The van der Waals surface area contributed by atoms with Crippen molar-refractivity contribution < 1.29 is 39.6 Å². The molecule has 0 aromatic rings. The Labute approximate surface area is 187 Å². The first kappa shape index (κ1) is 39.1. The predicted molar refractivity (Wildman–Crippen MR) is 95.2 cm³/mol. The molecule has 0 aliphatic heterocycles.